The third-order valence-corrected chi connectivity index (χ3v) is 5.15. The van der Waals surface area contributed by atoms with Crippen LogP contribution in [0.3, 0.4) is 0 Å². The molecule has 5 N–H and O–H groups in total. The standard InChI is InChI=1S/C21H18Cl2N4O4/c1-3-27(21(24)31)15-7-5-4-6-13(15)26-19(28)10(2)16-17-12(23)8-11(22)9-14(17)25-18(16)20(29)30/h4-9,25H,2-3H2,1H3,(H2,24,31)(H,26,28)(H,29,30). The zero-order chi connectivity index (χ0) is 22.9. The number of para-hydroxylation sites is 2. The summed E-state index contributed by atoms with van der Waals surface area (Å²) in [5, 5.41) is 13.1. The van der Waals surface area contributed by atoms with Gasteiger partial charge in [0.2, 0.25) is 0 Å². The monoisotopic (exact) mass is 460 g/mol. The molecule has 0 saturated heterocycles. The molecule has 0 bridgehead atoms. The Bertz CT molecular complexity index is 1240. The molecule has 0 aliphatic carbocycles. The molecule has 0 atom stereocenters. The maximum absolute atomic E-state index is 13.0. The van der Waals surface area contributed by atoms with Crippen LogP contribution in [0, 0.1) is 0 Å². The molecule has 3 amide bonds. The maximum atomic E-state index is 13.0. The van der Waals surface area contributed by atoms with Crippen LogP contribution in [0.1, 0.15) is 23.0 Å². The zero-order valence-corrected chi connectivity index (χ0v) is 17.8. The average molecular weight is 461 g/mol. The fraction of sp³-hybridized carbons (Fsp3) is 0.0952. The van der Waals surface area contributed by atoms with Crippen molar-refractivity contribution in [2.75, 3.05) is 16.8 Å². The number of aromatic amines is 1. The number of rotatable bonds is 6. The summed E-state index contributed by atoms with van der Waals surface area (Å²) in [6.07, 6.45) is 0. The number of urea groups is 1. The number of nitrogens with one attached hydrogen (secondary N) is 2. The lowest BCUT2D eigenvalue weighted by atomic mass is 10.0. The van der Waals surface area contributed by atoms with Crippen LogP contribution in [0.2, 0.25) is 10.0 Å². The van der Waals surface area contributed by atoms with Crippen LogP contribution in [-0.4, -0.2) is 34.5 Å². The first-order chi connectivity index (χ1) is 14.6. The Morgan fingerprint density at radius 2 is 1.90 bits per heavy atom. The van der Waals surface area contributed by atoms with Crippen molar-refractivity contribution in [3.05, 3.63) is 64.3 Å². The summed E-state index contributed by atoms with van der Waals surface area (Å²) in [4.78, 5) is 40.6. The molecule has 8 nitrogen and oxygen atoms in total. The zero-order valence-electron chi connectivity index (χ0n) is 16.3. The Labute approximate surface area is 187 Å². The van der Waals surface area contributed by atoms with E-state index in [0.29, 0.717) is 27.3 Å². The number of benzene rings is 2. The molecule has 2 aromatic carbocycles. The van der Waals surface area contributed by atoms with Gasteiger partial charge in [0, 0.05) is 33.6 Å². The maximum Gasteiger partial charge on any atom is 0.352 e. The van der Waals surface area contributed by atoms with E-state index in [9.17, 15) is 19.5 Å². The van der Waals surface area contributed by atoms with E-state index < -0.39 is 17.9 Å². The van der Waals surface area contributed by atoms with Crippen molar-refractivity contribution in [3.63, 3.8) is 0 Å². The van der Waals surface area contributed by atoms with Gasteiger partial charge in [-0.3, -0.25) is 9.69 Å². The highest BCUT2D eigenvalue weighted by Gasteiger charge is 2.26. The Balaban J connectivity index is 2.05. The quantitative estimate of drug-likeness (QED) is 0.396. The Hall–Kier alpha value is -3.49. The predicted molar refractivity (Wildman–Crippen MR) is 122 cm³/mol. The van der Waals surface area contributed by atoms with E-state index in [0.717, 1.165) is 0 Å². The van der Waals surface area contributed by atoms with Gasteiger partial charge in [-0.25, -0.2) is 9.59 Å². The predicted octanol–water partition coefficient (Wildman–Crippen LogP) is 4.73. The lowest BCUT2D eigenvalue weighted by molar-refractivity contribution is -0.111. The molecule has 1 heterocycles. The van der Waals surface area contributed by atoms with E-state index in [1.54, 1.807) is 31.2 Å². The highest BCUT2D eigenvalue weighted by atomic mass is 35.5. The highest BCUT2D eigenvalue weighted by molar-refractivity contribution is 6.41. The summed E-state index contributed by atoms with van der Waals surface area (Å²) < 4.78 is 0. The summed E-state index contributed by atoms with van der Waals surface area (Å²) in [6, 6.07) is 8.84. The van der Waals surface area contributed by atoms with Gasteiger partial charge >= 0.3 is 12.0 Å². The lowest BCUT2D eigenvalue weighted by Crippen LogP contribution is -2.36. The molecule has 0 fully saturated rings. The molecule has 0 unspecified atom stereocenters. The topological polar surface area (TPSA) is 129 Å². The number of nitrogens with two attached hydrogens (primary N) is 1. The lowest BCUT2D eigenvalue weighted by Gasteiger charge is -2.22. The molecular weight excluding hydrogens is 443 g/mol. The van der Waals surface area contributed by atoms with Gasteiger partial charge in [-0.2, -0.15) is 0 Å². The van der Waals surface area contributed by atoms with E-state index in [1.807, 2.05) is 0 Å². The van der Waals surface area contributed by atoms with Gasteiger partial charge in [-0.05, 0) is 31.2 Å². The van der Waals surface area contributed by atoms with Crippen molar-refractivity contribution >= 4 is 69.0 Å². The molecule has 0 spiro atoms. The third kappa shape index (κ3) is 4.21. The van der Waals surface area contributed by atoms with Crippen LogP contribution in [0.25, 0.3) is 16.5 Å². The fourth-order valence-electron chi connectivity index (χ4n) is 3.28. The molecule has 3 aromatic rings. The van der Waals surface area contributed by atoms with Crippen LogP contribution in [0.5, 0.6) is 0 Å². The van der Waals surface area contributed by atoms with Crippen LogP contribution < -0.4 is 16.0 Å². The normalized spacial score (nSPS) is 10.7. The Kier molecular flexibility index (Phi) is 6.24. The molecule has 10 heteroatoms. The second-order valence-electron chi connectivity index (χ2n) is 6.52. The fourth-order valence-corrected chi connectivity index (χ4v) is 3.87. The van der Waals surface area contributed by atoms with Crippen molar-refractivity contribution in [2.45, 2.75) is 6.92 Å². The third-order valence-electron chi connectivity index (χ3n) is 4.63. The molecule has 3 rings (SSSR count). The Morgan fingerprint density at radius 3 is 2.52 bits per heavy atom. The average Bonchev–Trinajstić information content (AvgIpc) is 3.08. The summed E-state index contributed by atoms with van der Waals surface area (Å²) in [5.41, 5.74) is 6.13. The van der Waals surface area contributed by atoms with E-state index in [2.05, 4.69) is 16.9 Å². The number of carbonyl (C=O) groups is 3. The summed E-state index contributed by atoms with van der Waals surface area (Å²) in [5.74, 6) is -1.97. The van der Waals surface area contributed by atoms with Gasteiger partial charge in [0.25, 0.3) is 5.91 Å². The molecule has 0 aliphatic rings. The number of hydrogen-bond acceptors (Lipinski definition) is 3. The SMILES string of the molecule is C=C(C(=O)Nc1ccccc1N(CC)C(N)=O)c1c(C(=O)O)[nH]c2cc(Cl)cc(Cl)c12. The van der Waals surface area contributed by atoms with Crippen molar-refractivity contribution < 1.29 is 19.5 Å². The number of amides is 3. The van der Waals surface area contributed by atoms with Crippen LogP contribution >= 0.6 is 23.2 Å². The number of hydrogen-bond donors (Lipinski definition) is 4. The van der Waals surface area contributed by atoms with Crippen molar-refractivity contribution in [2.24, 2.45) is 5.73 Å². The minimum absolute atomic E-state index is 0.0430. The number of fused-ring (bicyclic) bond motifs is 1. The number of carbonyl (C=O) groups excluding carboxylic acids is 2. The van der Waals surface area contributed by atoms with Gasteiger partial charge in [-0.15, -0.1) is 0 Å². The van der Waals surface area contributed by atoms with Crippen LogP contribution in [0.15, 0.2) is 43.0 Å². The first kappa shape index (κ1) is 22.2. The number of primary amides is 1. The number of H-pyrrole nitrogens is 1. The first-order valence-electron chi connectivity index (χ1n) is 9.06. The van der Waals surface area contributed by atoms with Crippen LogP contribution in [-0.2, 0) is 4.79 Å². The highest BCUT2D eigenvalue weighted by Crippen LogP contribution is 2.36. The van der Waals surface area contributed by atoms with Gasteiger partial charge < -0.3 is 21.1 Å². The van der Waals surface area contributed by atoms with Gasteiger partial charge in [0.05, 0.1) is 16.4 Å². The van der Waals surface area contributed by atoms with Gasteiger partial charge in [0.1, 0.15) is 5.69 Å². The number of halogens is 2. The summed E-state index contributed by atoms with van der Waals surface area (Å²) >= 11 is 12.3. The molecule has 31 heavy (non-hydrogen) atoms. The second-order valence-corrected chi connectivity index (χ2v) is 7.37. The van der Waals surface area contributed by atoms with Crippen LogP contribution in [0.4, 0.5) is 16.2 Å². The van der Waals surface area contributed by atoms with E-state index >= 15 is 0 Å². The molecule has 0 radical (unpaired) electrons. The van der Waals surface area contributed by atoms with Crippen molar-refractivity contribution in [3.8, 4) is 0 Å². The smallest absolute Gasteiger partial charge is 0.352 e. The molecule has 1 aromatic heterocycles. The number of carboxylic acid groups (broad SMARTS) is 1. The van der Waals surface area contributed by atoms with E-state index in [-0.39, 0.29) is 28.4 Å². The summed E-state index contributed by atoms with van der Waals surface area (Å²) in [6.45, 7) is 5.81. The number of carboxylic acids is 1. The number of aromatic nitrogens is 1. The van der Waals surface area contributed by atoms with Gasteiger partial charge in [0.15, 0.2) is 0 Å². The largest absolute Gasteiger partial charge is 0.477 e. The molecular formula is C21H18Cl2N4O4. The van der Waals surface area contributed by atoms with Crippen molar-refractivity contribution in [1.82, 2.24) is 4.98 Å². The first-order valence-corrected chi connectivity index (χ1v) is 9.81. The number of aromatic carboxylic acids is 1. The number of anilines is 2. The molecule has 160 valence electrons. The Morgan fingerprint density at radius 1 is 1.23 bits per heavy atom. The van der Waals surface area contributed by atoms with Crippen molar-refractivity contribution in [1.29, 1.82) is 0 Å². The van der Waals surface area contributed by atoms with E-state index in [1.165, 1.54) is 17.0 Å². The van der Waals surface area contributed by atoms with Gasteiger partial charge in [-0.1, -0.05) is 41.9 Å². The van der Waals surface area contributed by atoms with E-state index in [4.69, 9.17) is 28.9 Å². The molecule has 0 aliphatic heterocycles. The minimum atomic E-state index is -1.29. The number of nitrogens with zero attached hydrogens (tertiary/aromatic N) is 1. The summed E-state index contributed by atoms with van der Waals surface area (Å²) in [7, 11) is 0. The second kappa shape index (κ2) is 8.71. The minimum Gasteiger partial charge on any atom is -0.477 e. The molecule has 0 saturated carbocycles.